The van der Waals surface area contributed by atoms with Crippen LogP contribution in [0.1, 0.15) is 44.0 Å². The number of aromatic nitrogens is 1. The zero-order chi connectivity index (χ0) is 26.9. The Balaban J connectivity index is 0.00000220. The Bertz CT molecular complexity index is 1180. The van der Waals surface area contributed by atoms with E-state index in [1.807, 2.05) is 16.0 Å². The maximum atomic E-state index is 13.8. The number of nitrogens with zero attached hydrogens (tertiary/aromatic N) is 4. The summed E-state index contributed by atoms with van der Waals surface area (Å²) < 4.78 is 18.8. The Labute approximate surface area is 248 Å². The molecule has 2 saturated heterocycles. The molecule has 5 rings (SSSR count). The Kier molecular flexibility index (Phi) is 10.9. The van der Waals surface area contributed by atoms with Gasteiger partial charge in [0, 0.05) is 63.0 Å². The van der Waals surface area contributed by atoms with Crippen molar-refractivity contribution < 1.29 is 18.7 Å². The van der Waals surface area contributed by atoms with Gasteiger partial charge in [0.1, 0.15) is 12.4 Å². The van der Waals surface area contributed by atoms with Gasteiger partial charge in [-0.25, -0.2) is 4.39 Å². The lowest BCUT2D eigenvalue weighted by molar-refractivity contribution is -0.134. The molecule has 2 atom stereocenters. The first-order valence-electron chi connectivity index (χ1n) is 13.6. The molecule has 0 aliphatic carbocycles. The van der Waals surface area contributed by atoms with Crippen LogP contribution in [0, 0.1) is 5.82 Å². The summed E-state index contributed by atoms with van der Waals surface area (Å²) in [7, 11) is 0. The molecule has 0 unspecified atom stereocenters. The van der Waals surface area contributed by atoms with Gasteiger partial charge in [-0.2, -0.15) is 0 Å². The van der Waals surface area contributed by atoms with Crippen LogP contribution < -0.4 is 10.2 Å². The van der Waals surface area contributed by atoms with E-state index in [1.54, 1.807) is 12.1 Å². The first-order valence-corrected chi connectivity index (χ1v) is 13.6. The zero-order valence-electron chi connectivity index (χ0n) is 23.4. The van der Waals surface area contributed by atoms with Gasteiger partial charge in [-0.1, -0.05) is 26.0 Å². The van der Waals surface area contributed by atoms with Crippen molar-refractivity contribution in [3.05, 3.63) is 59.2 Å². The van der Waals surface area contributed by atoms with Crippen LogP contribution in [0.15, 0.2) is 36.5 Å². The lowest BCUT2D eigenvalue weighted by Gasteiger charge is -2.41. The van der Waals surface area contributed by atoms with Gasteiger partial charge in [0.05, 0.1) is 17.9 Å². The predicted octanol–water partition coefficient (Wildman–Crippen LogP) is 3.19. The number of carbonyl (C=O) groups is 2. The van der Waals surface area contributed by atoms with Gasteiger partial charge in [0.2, 0.25) is 11.8 Å². The normalized spacial score (nSPS) is 22.6. The van der Waals surface area contributed by atoms with Crippen LogP contribution in [0.2, 0.25) is 0 Å². The fraction of sp³-hybridized carbons (Fsp3) is 0.552. The largest absolute Gasteiger partial charge is 0.372 e. The Morgan fingerprint density at radius 3 is 2.70 bits per heavy atom. The number of piperazine rings is 1. The number of hydrogen-bond donors (Lipinski definition) is 1. The van der Waals surface area contributed by atoms with Gasteiger partial charge < -0.3 is 19.9 Å². The summed E-state index contributed by atoms with van der Waals surface area (Å²) in [6.07, 6.45) is 3.32. The maximum absolute atomic E-state index is 13.8. The third kappa shape index (κ3) is 7.31. The first kappa shape index (κ1) is 32.2. The number of nitrogens with one attached hydrogen (secondary N) is 1. The predicted molar refractivity (Wildman–Crippen MR) is 158 cm³/mol. The minimum atomic E-state index is -0.256. The molecule has 0 spiro atoms. The molecular weight excluding hydrogens is 556 g/mol. The highest BCUT2D eigenvalue weighted by molar-refractivity contribution is 5.97. The highest BCUT2D eigenvalue weighted by Crippen LogP contribution is 2.39. The number of pyridine rings is 1. The molecule has 1 aromatic carbocycles. The van der Waals surface area contributed by atoms with Crippen molar-refractivity contribution in [1.82, 2.24) is 20.1 Å². The number of hydrogen-bond acceptors (Lipinski definition) is 6. The Morgan fingerprint density at radius 1 is 1.20 bits per heavy atom. The van der Waals surface area contributed by atoms with E-state index < -0.39 is 0 Å². The molecule has 8 nitrogen and oxygen atoms in total. The SMILES string of the molecule is C[C@@H]1CN(CC(=O)N2CC(C)(C)c3ncc(Cc4ccc(F)cc4)cc32)[C@@H](CN2CCCOCC2=O)CN1.Cl.Cl. The van der Waals surface area contributed by atoms with Crippen molar-refractivity contribution in [3.63, 3.8) is 0 Å². The van der Waals surface area contributed by atoms with Crippen molar-refractivity contribution in [2.45, 2.75) is 51.1 Å². The van der Waals surface area contributed by atoms with Crippen LogP contribution in [0.4, 0.5) is 10.1 Å². The van der Waals surface area contributed by atoms with Gasteiger partial charge in [0.25, 0.3) is 0 Å². The molecule has 2 amide bonds. The molecule has 220 valence electrons. The van der Waals surface area contributed by atoms with E-state index in [-0.39, 0.29) is 73.1 Å². The highest BCUT2D eigenvalue weighted by atomic mass is 35.5. The quantitative estimate of drug-likeness (QED) is 0.552. The van der Waals surface area contributed by atoms with E-state index in [0.717, 1.165) is 42.0 Å². The average molecular weight is 597 g/mol. The van der Waals surface area contributed by atoms with Crippen LogP contribution in [0.25, 0.3) is 0 Å². The van der Waals surface area contributed by atoms with Crippen molar-refractivity contribution in [2.24, 2.45) is 0 Å². The number of ether oxygens (including phenoxy) is 1. The molecule has 0 saturated carbocycles. The summed E-state index contributed by atoms with van der Waals surface area (Å²) in [4.78, 5) is 37.1. The number of carbonyl (C=O) groups excluding carboxylic acids is 2. The minimum absolute atomic E-state index is 0. The molecule has 40 heavy (non-hydrogen) atoms. The number of benzene rings is 1. The number of rotatable bonds is 6. The van der Waals surface area contributed by atoms with Crippen LogP contribution in [-0.4, -0.2) is 91.2 Å². The summed E-state index contributed by atoms with van der Waals surface area (Å²) >= 11 is 0. The van der Waals surface area contributed by atoms with Crippen LogP contribution in [0.5, 0.6) is 0 Å². The second-order valence-electron chi connectivity index (χ2n) is 11.5. The van der Waals surface area contributed by atoms with Gasteiger partial charge in [0.15, 0.2) is 0 Å². The molecule has 1 aromatic heterocycles. The lowest BCUT2D eigenvalue weighted by Crippen LogP contribution is -2.61. The number of amides is 2. The summed E-state index contributed by atoms with van der Waals surface area (Å²) in [5.74, 6) is -0.196. The molecule has 2 fully saturated rings. The molecule has 3 aliphatic rings. The lowest BCUT2D eigenvalue weighted by atomic mass is 9.91. The molecule has 2 aromatic rings. The van der Waals surface area contributed by atoms with E-state index in [2.05, 4.69) is 37.1 Å². The topological polar surface area (TPSA) is 78.0 Å². The first-order chi connectivity index (χ1) is 18.2. The van der Waals surface area contributed by atoms with E-state index in [9.17, 15) is 14.0 Å². The van der Waals surface area contributed by atoms with Gasteiger partial charge in [-0.05, 0) is 49.1 Å². The van der Waals surface area contributed by atoms with Crippen molar-refractivity contribution in [1.29, 1.82) is 0 Å². The summed E-state index contributed by atoms with van der Waals surface area (Å²) in [6.45, 7) is 10.7. The third-order valence-corrected chi connectivity index (χ3v) is 7.82. The maximum Gasteiger partial charge on any atom is 0.248 e. The van der Waals surface area contributed by atoms with E-state index in [4.69, 9.17) is 9.72 Å². The van der Waals surface area contributed by atoms with Crippen molar-refractivity contribution in [3.8, 4) is 0 Å². The van der Waals surface area contributed by atoms with Gasteiger partial charge in [-0.3, -0.25) is 19.5 Å². The fourth-order valence-corrected chi connectivity index (χ4v) is 5.78. The molecule has 11 heteroatoms. The average Bonchev–Trinajstić information content (AvgIpc) is 3.00. The van der Waals surface area contributed by atoms with Gasteiger partial charge >= 0.3 is 0 Å². The number of anilines is 1. The second kappa shape index (κ2) is 13.6. The molecule has 1 N–H and O–H groups in total. The molecule has 4 heterocycles. The van der Waals surface area contributed by atoms with E-state index >= 15 is 0 Å². The highest BCUT2D eigenvalue weighted by Gasteiger charge is 2.41. The summed E-state index contributed by atoms with van der Waals surface area (Å²) in [5, 5.41) is 3.52. The van der Waals surface area contributed by atoms with Gasteiger partial charge in [-0.15, -0.1) is 24.8 Å². The van der Waals surface area contributed by atoms with E-state index in [0.29, 0.717) is 32.7 Å². The summed E-state index contributed by atoms with van der Waals surface area (Å²) in [5.41, 5.74) is 3.51. The smallest absolute Gasteiger partial charge is 0.248 e. The molecule has 0 radical (unpaired) electrons. The second-order valence-corrected chi connectivity index (χ2v) is 11.5. The van der Waals surface area contributed by atoms with Crippen LogP contribution in [-0.2, 0) is 26.2 Å². The van der Waals surface area contributed by atoms with Crippen molar-refractivity contribution >= 4 is 42.3 Å². The molecular formula is C29H40Cl2FN5O3. The molecule has 0 bridgehead atoms. The fourth-order valence-electron chi connectivity index (χ4n) is 5.78. The van der Waals surface area contributed by atoms with Crippen molar-refractivity contribution in [2.75, 3.05) is 57.4 Å². The van der Waals surface area contributed by atoms with E-state index in [1.165, 1.54) is 12.1 Å². The van der Waals surface area contributed by atoms with Crippen LogP contribution in [0.3, 0.4) is 0 Å². The minimum Gasteiger partial charge on any atom is -0.372 e. The standard InChI is InChI=1S/C29H38FN5O3.2ClH/c1-20-15-34(24(14-31-20)16-33-9-4-10-38-18-27(33)37)17-26(36)35-19-29(2,3)28-25(35)12-22(13-32-28)11-21-5-7-23(30)8-6-21;;/h5-8,12-13,20,24,31H,4,9-11,14-19H2,1-3H3;2*1H/t20-,24-;;/m1../s1. The summed E-state index contributed by atoms with van der Waals surface area (Å²) in [6, 6.07) is 8.86. The number of halogens is 3. The Hall–Kier alpha value is -2.30. The third-order valence-electron chi connectivity index (χ3n) is 7.82. The zero-order valence-corrected chi connectivity index (χ0v) is 25.0. The monoisotopic (exact) mass is 595 g/mol. The Morgan fingerprint density at radius 2 is 1.95 bits per heavy atom. The van der Waals surface area contributed by atoms with Crippen LogP contribution >= 0.6 is 24.8 Å². The number of fused-ring (bicyclic) bond motifs is 1. The molecule has 3 aliphatic heterocycles.